The number of thioether (sulfide) groups is 1. The number of ether oxygens (including phenoxy) is 2. The summed E-state index contributed by atoms with van der Waals surface area (Å²) in [4.78, 5) is 9.97. The molecule has 1 saturated heterocycles. The van der Waals surface area contributed by atoms with Crippen molar-refractivity contribution in [3.05, 3.63) is 53.1 Å². The molecule has 0 amide bonds. The lowest BCUT2D eigenvalue weighted by atomic mass is 9.91. The molecule has 36 heavy (non-hydrogen) atoms. The van der Waals surface area contributed by atoms with Crippen LogP contribution >= 0.6 is 11.8 Å². The summed E-state index contributed by atoms with van der Waals surface area (Å²) >= 11 is 1.54. The largest absolute Gasteiger partial charge is 0.487 e. The second-order valence-corrected chi connectivity index (χ2v) is 10.3. The highest BCUT2D eigenvalue weighted by Crippen LogP contribution is 2.42. The van der Waals surface area contributed by atoms with E-state index in [1.807, 2.05) is 18.4 Å². The molecule has 0 saturated carbocycles. The minimum atomic E-state index is -3.78. The van der Waals surface area contributed by atoms with Gasteiger partial charge in [-0.15, -0.1) is 11.8 Å². The van der Waals surface area contributed by atoms with Crippen LogP contribution in [0.5, 0.6) is 5.75 Å². The standard InChI is InChI=1S/C26H30F3N3O3S/c1-14(17-7-6-8-19(23(17)27)26(28,29)25(3,4)33)30-24-18-11-21(35-16-9-10-34-13-16)22(36-5)12-20(18)31-15(2)32-24/h6-8,11-12,14,16,33H,9-10,13H2,1-5H3,(H,30,31,32)/t14-,16+/m1/s1. The first-order valence-electron chi connectivity index (χ1n) is 11.7. The van der Waals surface area contributed by atoms with E-state index in [0.29, 0.717) is 41.5 Å². The SMILES string of the molecule is CSc1cc2nc(C)nc(N[C@H](C)c3cccc(C(F)(F)C(C)(C)O)c3F)c2cc1O[C@H]1CCOC1. The van der Waals surface area contributed by atoms with Crippen molar-refractivity contribution in [2.75, 3.05) is 24.8 Å². The average molecular weight is 522 g/mol. The van der Waals surface area contributed by atoms with E-state index >= 15 is 4.39 Å². The van der Waals surface area contributed by atoms with E-state index in [1.165, 1.54) is 23.9 Å². The third-order valence-corrected chi connectivity index (χ3v) is 6.99. The second-order valence-electron chi connectivity index (χ2n) is 9.45. The van der Waals surface area contributed by atoms with Crippen molar-refractivity contribution < 1.29 is 27.8 Å². The van der Waals surface area contributed by atoms with E-state index in [4.69, 9.17) is 9.47 Å². The highest BCUT2D eigenvalue weighted by atomic mass is 32.2. The lowest BCUT2D eigenvalue weighted by Crippen LogP contribution is -2.41. The Morgan fingerprint density at radius 2 is 2.00 bits per heavy atom. The van der Waals surface area contributed by atoms with E-state index in [-0.39, 0.29) is 11.7 Å². The zero-order valence-corrected chi connectivity index (χ0v) is 21.7. The van der Waals surface area contributed by atoms with Crippen LogP contribution in [-0.4, -0.2) is 46.2 Å². The van der Waals surface area contributed by atoms with Crippen LogP contribution in [0.3, 0.4) is 0 Å². The van der Waals surface area contributed by atoms with Crippen molar-refractivity contribution in [3.8, 4) is 5.75 Å². The first-order chi connectivity index (χ1) is 16.9. The highest BCUT2D eigenvalue weighted by Gasteiger charge is 2.49. The van der Waals surface area contributed by atoms with Crippen molar-refractivity contribution in [2.24, 2.45) is 0 Å². The molecular weight excluding hydrogens is 491 g/mol. The van der Waals surface area contributed by atoms with Crippen molar-refractivity contribution >= 4 is 28.5 Å². The van der Waals surface area contributed by atoms with Crippen LogP contribution in [0.2, 0.25) is 0 Å². The third kappa shape index (κ3) is 5.12. The molecule has 1 fully saturated rings. The molecule has 1 aliphatic rings. The summed E-state index contributed by atoms with van der Waals surface area (Å²) in [7, 11) is 0. The van der Waals surface area contributed by atoms with E-state index in [9.17, 15) is 13.9 Å². The Morgan fingerprint density at radius 3 is 2.64 bits per heavy atom. The molecular formula is C26H30F3N3O3S. The van der Waals surface area contributed by atoms with Crippen LogP contribution in [0.1, 0.15) is 50.2 Å². The van der Waals surface area contributed by atoms with Gasteiger partial charge in [0.05, 0.1) is 35.2 Å². The molecule has 1 aliphatic heterocycles. The summed E-state index contributed by atoms with van der Waals surface area (Å²) in [5.41, 5.74) is -2.58. The summed E-state index contributed by atoms with van der Waals surface area (Å²) in [5, 5.41) is 13.8. The maximum atomic E-state index is 15.3. The van der Waals surface area contributed by atoms with E-state index in [2.05, 4.69) is 15.3 Å². The van der Waals surface area contributed by atoms with Gasteiger partial charge in [-0.3, -0.25) is 0 Å². The number of nitrogens with zero attached hydrogens (tertiary/aromatic N) is 2. The van der Waals surface area contributed by atoms with Crippen molar-refractivity contribution in [2.45, 2.75) is 62.7 Å². The van der Waals surface area contributed by atoms with Crippen LogP contribution in [0, 0.1) is 12.7 Å². The minimum Gasteiger partial charge on any atom is -0.487 e. The Labute approximate surface area is 212 Å². The van der Waals surface area contributed by atoms with Crippen molar-refractivity contribution in [1.82, 2.24) is 9.97 Å². The maximum absolute atomic E-state index is 15.3. The Balaban J connectivity index is 1.72. The first-order valence-corrected chi connectivity index (χ1v) is 12.9. The molecule has 2 heterocycles. The predicted molar refractivity (Wildman–Crippen MR) is 135 cm³/mol. The molecule has 4 rings (SSSR count). The van der Waals surface area contributed by atoms with Crippen LogP contribution in [0.25, 0.3) is 10.9 Å². The zero-order chi connectivity index (χ0) is 26.3. The number of aliphatic hydroxyl groups is 1. The summed E-state index contributed by atoms with van der Waals surface area (Å²) in [5.74, 6) is -3.24. The normalized spacial score (nSPS) is 17.4. The molecule has 0 radical (unpaired) electrons. The number of aromatic nitrogens is 2. The van der Waals surface area contributed by atoms with Crippen LogP contribution in [0.4, 0.5) is 19.0 Å². The first kappa shape index (κ1) is 26.5. The molecule has 1 aromatic heterocycles. The van der Waals surface area contributed by atoms with Gasteiger partial charge >= 0.3 is 5.92 Å². The lowest BCUT2D eigenvalue weighted by Gasteiger charge is -2.30. The minimum absolute atomic E-state index is 0.0288. The van der Waals surface area contributed by atoms with E-state index in [1.54, 1.807) is 13.8 Å². The molecule has 0 aliphatic carbocycles. The number of aryl methyl sites for hydroxylation is 1. The molecule has 0 spiro atoms. The summed E-state index contributed by atoms with van der Waals surface area (Å²) in [6.07, 6.45) is 2.70. The zero-order valence-electron chi connectivity index (χ0n) is 20.9. The van der Waals surface area contributed by atoms with Crippen molar-refractivity contribution in [1.29, 1.82) is 0 Å². The smallest absolute Gasteiger partial charge is 0.303 e. The molecule has 2 aromatic carbocycles. The highest BCUT2D eigenvalue weighted by molar-refractivity contribution is 7.98. The summed E-state index contributed by atoms with van der Waals surface area (Å²) < 4.78 is 56.5. The van der Waals surface area contributed by atoms with Gasteiger partial charge in [0.25, 0.3) is 0 Å². The summed E-state index contributed by atoms with van der Waals surface area (Å²) in [6.45, 7) is 6.49. The number of halogens is 3. The van der Waals surface area contributed by atoms with E-state index in [0.717, 1.165) is 31.2 Å². The van der Waals surface area contributed by atoms with E-state index < -0.39 is 28.9 Å². The van der Waals surface area contributed by atoms with Gasteiger partial charge < -0.3 is 19.9 Å². The molecule has 6 nitrogen and oxygen atoms in total. The number of alkyl halides is 2. The molecule has 10 heteroatoms. The van der Waals surface area contributed by atoms with Crippen LogP contribution in [-0.2, 0) is 10.7 Å². The summed E-state index contributed by atoms with van der Waals surface area (Å²) in [6, 6.07) is 6.84. The quantitative estimate of drug-likeness (QED) is 0.352. The number of hydrogen-bond donors (Lipinski definition) is 2. The van der Waals surface area contributed by atoms with Gasteiger partial charge in [0, 0.05) is 17.4 Å². The monoisotopic (exact) mass is 521 g/mol. The molecule has 194 valence electrons. The third-order valence-electron chi connectivity index (χ3n) is 6.23. The van der Waals surface area contributed by atoms with Gasteiger partial charge in [-0.25, -0.2) is 14.4 Å². The number of hydrogen-bond acceptors (Lipinski definition) is 7. The topological polar surface area (TPSA) is 76.5 Å². The molecule has 3 aromatic rings. The Hall–Kier alpha value is -2.56. The number of anilines is 1. The average Bonchev–Trinajstić information content (AvgIpc) is 3.31. The fraction of sp³-hybridized carbons (Fsp3) is 0.462. The Kier molecular flexibility index (Phi) is 7.41. The van der Waals surface area contributed by atoms with Crippen LogP contribution in [0.15, 0.2) is 35.2 Å². The van der Waals surface area contributed by atoms with Gasteiger partial charge in [0.2, 0.25) is 0 Å². The molecule has 2 atom stereocenters. The fourth-order valence-corrected chi connectivity index (χ4v) is 4.68. The number of nitrogens with one attached hydrogen (secondary N) is 1. The van der Waals surface area contributed by atoms with Gasteiger partial charge in [0.15, 0.2) is 0 Å². The van der Waals surface area contributed by atoms with Gasteiger partial charge in [-0.1, -0.05) is 12.1 Å². The number of fused-ring (bicyclic) bond motifs is 1. The molecule has 0 bridgehead atoms. The maximum Gasteiger partial charge on any atom is 0.303 e. The Morgan fingerprint density at radius 1 is 1.25 bits per heavy atom. The van der Waals surface area contributed by atoms with Crippen LogP contribution < -0.4 is 10.1 Å². The van der Waals surface area contributed by atoms with Gasteiger partial charge in [-0.05, 0) is 52.1 Å². The number of benzene rings is 2. The lowest BCUT2D eigenvalue weighted by molar-refractivity contribution is -0.170. The van der Waals surface area contributed by atoms with Crippen molar-refractivity contribution in [3.63, 3.8) is 0 Å². The Bertz CT molecular complexity index is 1260. The molecule has 0 unspecified atom stereocenters. The predicted octanol–water partition coefficient (Wildman–Crippen LogP) is 6.00. The fourth-order valence-electron chi connectivity index (χ4n) is 4.14. The van der Waals surface area contributed by atoms with Gasteiger partial charge in [-0.2, -0.15) is 8.78 Å². The second kappa shape index (κ2) is 10.1. The number of rotatable bonds is 8. The molecule has 2 N–H and O–H groups in total. The van der Waals surface area contributed by atoms with Gasteiger partial charge in [0.1, 0.15) is 34.9 Å².